The lowest BCUT2D eigenvalue weighted by Gasteiger charge is -2.24. The van der Waals surface area contributed by atoms with Gasteiger partial charge in [0.2, 0.25) is 11.8 Å². The molecule has 0 spiro atoms. The van der Waals surface area contributed by atoms with Crippen LogP contribution in [0.4, 0.5) is 18.9 Å². The number of hydrogen-bond donors (Lipinski definition) is 2. The Kier molecular flexibility index (Phi) is 6.76. The van der Waals surface area contributed by atoms with E-state index in [1.807, 2.05) is 36.6 Å². The fraction of sp³-hybridized carbons (Fsp3) is 0.261. The van der Waals surface area contributed by atoms with Crippen molar-refractivity contribution in [3.63, 3.8) is 0 Å². The molecule has 10 heteroatoms. The molecule has 5 nitrogen and oxygen atoms in total. The van der Waals surface area contributed by atoms with Gasteiger partial charge in [0, 0.05) is 28.8 Å². The molecule has 2 N–H and O–H groups in total. The molecule has 0 aliphatic carbocycles. The largest absolute Gasteiger partial charge is 0.416 e. The van der Waals surface area contributed by atoms with Gasteiger partial charge < -0.3 is 10.6 Å². The Balaban J connectivity index is 1.27. The Morgan fingerprint density at radius 2 is 1.94 bits per heavy atom. The number of nitrogens with zero attached hydrogens (tertiary/aromatic N) is 1. The van der Waals surface area contributed by atoms with E-state index < -0.39 is 22.9 Å². The number of alkyl halides is 3. The molecule has 0 bridgehead atoms. The van der Waals surface area contributed by atoms with Crippen LogP contribution in [0.3, 0.4) is 0 Å². The number of amides is 2. The van der Waals surface area contributed by atoms with Gasteiger partial charge in [-0.3, -0.25) is 9.59 Å². The van der Waals surface area contributed by atoms with Gasteiger partial charge in [-0.25, -0.2) is 4.98 Å². The average molecular weight is 492 g/mol. The normalized spacial score (nSPS) is 15.6. The van der Waals surface area contributed by atoms with Gasteiger partial charge in [0.05, 0.1) is 27.2 Å². The molecule has 2 amide bonds. The summed E-state index contributed by atoms with van der Waals surface area (Å²) in [5, 5.41) is 7.62. The van der Waals surface area contributed by atoms with Crippen molar-refractivity contribution < 1.29 is 22.8 Å². The summed E-state index contributed by atoms with van der Waals surface area (Å²) in [6, 6.07) is 11.2. The molecule has 2 heterocycles. The molecule has 3 aromatic rings. The highest BCUT2D eigenvalue weighted by Gasteiger charge is 2.34. The standard InChI is InChI=1S/C23H20F3N3O2S2/c1-13-28-18(12-32-13)15-4-2-14(3-5-15)8-9-27-21(30)11-20-22(31)29-17-10-16(23(24,25)26)6-7-19(17)33-20/h2-7,10,12,20H,8-9,11H2,1H3,(H,27,30)(H,29,31)/t20-/m1/s1. The fourth-order valence-corrected chi connectivity index (χ4v) is 5.10. The molecule has 33 heavy (non-hydrogen) atoms. The molecule has 1 aliphatic rings. The van der Waals surface area contributed by atoms with Gasteiger partial charge in [0.1, 0.15) is 0 Å². The first kappa shape index (κ1) is 23.3. The Morgan fingerprint density at radius 1 is 1.18 bits per heavy atom. The molecule has 1 atom stereocenters. The van der Waals surface area contributed by atoms with Gasteiger partial charge in [0.25, 0.3) is 0 Å². The van der Waals surface area contributed by atoms with Crippen LogP contribution in [0.25, 0.3) is 11.3 Å². The molecule has 1 aliphatic heterocycles. The van der Waals surface area contributed by atoms with Gasteiger partial charge in [-0.2, -0.15) is 13.2 Å². The summed E-state index contributed by atoms with van der Waals surface area (Å²) < 4.78 is 38.6. The first-order chi connectivity index (χ1) is 15.7. The number of carbonyl (C=O) groups excluding carboxylic acids is 2. The van der Waals surface area contributed by atoms with Crippen LogP contribution >= 0.6 is 23.1 Å². The predicted molar refractivity (Wildman–Crippen MR) is 123 cm³/mol. The highest BCUT2D eigenvalue weighted by atomic mass is 32.2. The van der Waals surface area contributed by atoms with Crippen molar-refractivity contribution in [3.05, 3.63) is 64.0 Å². The van der Waals surface area contributed by atoms with Gasteiger partial charge in [0.15, 0.2) is 0 Å². The molecule has 0 saturated heterocycles. The van der Waals surface area contributed by atoms with Crippen molar-refractivity contribution in [2.45, 2.75) is 36.1 Å². The van der Waals surface area contributed by atoms with Crippen LogP contribution in [-0.4, -0.2) is 28.6 Å². The monoisotopic (exact) mass is 491 g/mol. The number of nitrogens with one attached hydrogen (secondary N) is 2. The van der Waals surface area contributed by atoms with Crippen molar-refractivity contribution >= 4 is 40.6 Å². The van der Waals surface area contributed by atoms with E-state index in [0.29, 0.717) is 17.9 Å². The third kappa shape index (κ3) is 5.75. The van der Waals surface area contributed by atoms with E-state index in [0.717, 1.165) is 45.7 Å². The van der Waals surface area contributed by atoms with Crippen LogP contribution in [0, 0.1) is 6.92 Å². The smallest absolute Gasteiger partial charge is 0.356 e. The fourth-order valence-electron chi connectivity index (χ4n) is 3.39. The summed E-state index contributed by atoms with van der Waals surface area (Å²) in [5.41, 5.74) is 2.33. The third-order valence-corrected chi connectivity index (χ3v) is 7.15. The number of fused-ring (bicyclic) bond motifs is 1. The molecular formula is C23H20F3N3O2S2. The van der Waals surface area contributed by atoms with Crippen LogP contribution in [-0.2, 0) is 22.2 Å². The first-order valence-corrected chi connectivity index (χ1v) is 11.9. The number of benzene rings is 2. The maximum atomic E-state index is 12.9. The Bertz CT molecular complexity index is 1180. The van der Waals surface area contributed by atoms with Crippen molar-refractivity contribution in [2.75, 3.05) is 11.9 Å². The lowest BCUT2D eigenvalue weighted by molar-refractivity contribution is -0.137. The zero-order chi connectivity index (χ0) is 23.6. The van der Waals surface area contributed by atoms with Crippen LogP contribution < -0.4 is 10.6 Å². The summed E-state index contributed by atoms with van der Waals surface area (Å²) >= 11 is 2.70. The minimum absolute atomic E-state index is 0.0565. The number of aromatic nitrogens is 1. The number of anilines is 1. The molecule has 2 aromatic carbocycles. The maximum Gasteiger partial charge on any atom is 0.416 e. The van der Waals surface area contributed by atoms with Gasteiger partial charge in [-0.05, 0) is 37.1 Å². The summed E-state index contributed by atoms with van der Waals surface area (Å²) in [6.07, 6.45) is -3.91. The molecular weight excluding hydrogens is 471 g/mol. The summed E-state index contributed by atoms with van der Waals surface area (Å²) in [7, 11) is 0. The zero-order valence-electron chi connectivity index (χ0n) is 17.5. The topological polar surface area (TPSA) is 71.1 Å². The van der Waals surface area contributed by atoms with E-state index in [2.05, 4.69) is 15.6 Å². The number of hydrogen-bond acceptors (Lipinski definition) is 5. The zero-order valence-corrected chi connectivity index (χ0v) is 19.2. The molecule has 0 unspecified atom stereocenters. The van der Waals surface area contributed by atoms with Gasteiger partial charge >= 0.3 is 6.18 Å². The molecule has 172 valence electrons. The van der Waals surface area contributed by atoms with E-state index >= 15 is 0 Å². The highest BCUT2D eigenvalue weighted by molar-refractivity contribution is 8.01. The Labute approximate surface area is 196 Å². The molecule has 0 radical (unpaired) electrons. The second-order valence-electron chi connectivity index (χ2n) is 7.56. The number of halogens is 3. The lowest BCUT2D eigenvalue weighted by Crippen LogP contribution is -2.35. The quantitative estimate of drug-likeness (QED) is 0.491. The summed E-state index contributed by atoms with van der Waals surface area (Å²) in [6.45, 7) is 2.38. The molecule has 0 fully saturated rings. The molecule has 4 rings (SSSR count). The number of thioether (sulfide) groups is 1. The van der Waals surface area contributed by atoms with Crippen molar-refractivity contribution in [1.82, 2.24) is 10.3 Å². The number of thiazole rings is 1. The van der Waals surface area contributed by atoms with Crippen LogP contribution in [0.15, 0.2) is 52.7 Å². The maximum absolute atomic E-state index is 12.9. The lowest BCUT2D eigenvalue weighted by atomic mass is 10.1. The van der Waals surface area contributed by atoms with E-state index in [9.17, 15) is 22.8 Å². The average Bonchev–Trinajstić information content (AvgIpc) is 3.20. The Hall–Kier alpha value is -2.85. The van der Waals surface area contributed by atoms with Gasteiger partial charge in [-0.15, -0.1) is 23.1 Å². The predicted octanol–water partition coefficient (Wildman–Crippen LogP) is 5.30. The minimum Gasteiger partial charge on any atom is -0.356 e. The Morgan fingerprint density at radius 3 is 2.61 bits per heavy atom. The van der Waals surface area contributed by atoms with E-state index in [-0.39, 0.29) is 18.0 Å². The number of carbonyl (C=O) groups is 2. The van der Waals surface area contributed by atoms with E-state index in [1.165, 1.54) is 6.07 Å². The minimum atomic E-state index is -4.48. The van der Waals surface area contributed by atoms with Crippen molar-refractivity contribution in [2.24, 2.45) is 0 Å². The van der Waals surface area contributed by atoms with E-state index in [1.54, 1.807) is 11.3 Å². The van der Waals surface area contributed by atoms with Crippen LogP contribution in [0.1, 0.15) is 22.6 Å². The van der Waals surface area contributed by atoms with Crippen molar-refractivity contribution in [1.29, 1.82) is 0 Å². The summed E-state index contributed by atoms with van der Waals surface area (Å²) in [4.78, 5) is 29.6. The van der Waals surface area contributed by atoms with Crippen LogP contribution in [0.5, 0.6) is 0 Å². The number of aryl methyl sites for hydroxylation is 1. The third-order valence-electron chi connectivity index (χ3n) is 5.10. The summed E-state index contributed by atoms with van der Waals surface area (Å²) in [5.74, 6) is -0.762. The highest BCUT2D eigenvalue weighted by Crippen LogP contribution is 2.40. The first-order valence-electron chi connectivity index (χ1n) is 10.2. The number of rotatable bonds is 6. The SMILES string of the molecule is Cc1nc(-c2ccc(CCNC(=O)C[C@H]3Sc4ccc(C(F)(F)F)cc4NC3=O)cc2)cs1. The second-order valence-corrected chi connectivity index (χ2v) is 9.86. The van der Waals surface area contributed by atoms with Crippen molar-refractivity contribution in [3.8, 4) is 11.3 Å². The van der Waals surface area contributed by atoms with Crippen LogP contribution in [0.2, 0.25) is 0 Å². The van der Waals surface area contributed by atoms with E-state index in [4.69, 9.17) is 0 Å². The molecule has 1 aromatic heterocycles. The second kappa shape index (κ2) is 9.56. The van der Waals surface area contributed by atoms with Gasteiger partial charge in [-0.1, -0.05) is 24.3 Å². The molecule has 0 saturated carbocycles.